The third kappa shape index (κ3) is 1.53. The summed E-state index contributed by atoms with van der Waals surface area (Å²) in [6.07, 6.45) is 10.9. The molecule has 3 aliphatic carbocycles. The van der Waals surface area contributed by atoms with Gasteiger partial charge in [-0.2, -0.15) is 0 Å². The summed E-state index contributed by atoms with van der Waals surface area (Å²) in [6.45, 7) is 7.22. The second-order valence-corrected chi connectivity index (χ2v) is 5.77. The van der Waals surface area contributed by atoms with Gasteiger partial charge in [-0.1, -0.05) is 45.3 Å². The lowest BCUT2D eigenvalue weighted by Crippen LogP contribution is -2.49. The lowest BCUT2D eigenvalue weighted by molar-refractivity contribution is -0.0280. The van der Waals surface area contributed by atoms with Crippen LogP contribution in [0, 0.1) is 17.3 Å². The molecule has 0 N–H and O–H groups in total. The molecule has 3 aliphatic rings. The van der Waals surface area contributed by atoms with Gasteiger partial charge in [0.1, 0.15) is 0 Å². The SMILES string of the molecule is CCCCC=C1CCC2CC1C2(C)C. The van der Waals surface area contributed by atoms with E-state index < -0.39 is 0 Å². The minimum Gasteiger partial charge on any atom is -0.0850 e. The van der Waals surface area contributed by atoms with Crippen molar-refractivity contribution in [1.29, 1.82) is 0 Å². The van der Waals surface area contributed by atoms with Crippen LogP contribution in [0.4, 0.5) is 0 Å². The van der Waals surface area contributed by atoms with E-state index in [0.717, 1.165) is 11.8 Å². The summed E-state index contributed by atoms with van der Waals surface area (Å²) in [7, 11) is 0. The summed E-state index contributed by atoms with van der Waals surface area (Å²) >= 11 is 0. The molecular formula is C14H24. The van der Waals surface area contributed by atoms with Crippen molar-refractivity contribution >= 4 is 0 Å². The highest BCUT2D eigenvalue weighted by atomic mass is 14.6. The number of hydrogen-bond donors (Lipinski definition) is 0. The van der Waals surface area contributed by atoms with Crippen LogP contribution in [0.5, 0.6) is 0 Å². The van der Waals surface area contributed by atoms with Crippen LogP contribution in [0.15, 0.2) is 11.6 Å². The Balaban J connectivity index is 1.97. The van der Waals surface area contributed by atoms with E-state index in [0.29, 0.717) is 5.41 Å². The summed E-state index contributed by atoms with van der Waals surface area (Å²) in [5.41, 5.74) is 2.43. The van der Waals surface area contributed by atoms with Crippen molar-refractivity contribution in [2.45, 2.75) is 59.3 Å². The third-order valence-corrected chi connectivity index (χ3v) is 4.66. The second kappa shape index (κ2) is 3.72. The van der Waals surface area contributed by atoms with Crippen molar-refractivity contribution in [2.24, 2.45) is 17.3 Å². The van der Waals surface area contributed by atoms with Crippen molar-refractivity contribution in [1.82, 2.24) is 0 Å². The molecule has 3 saturated carbocycles. The molecule has 80 valence electrons. The van der Waals surface area contributed by atoms with Crippen LogP contribution in [-0.4, -0.2) is 0 Å². The van der Waals surface area contributed by atoms with Gasteiger partial charge in [0, 0.05) is 0 Å². The van der Waals surface area contributed by atoms with Crippen molar-refractivity contribution in [2.75, 3.05) is 0 Å². The van der Waals surface area contributed by atoms with Crippen molar-refractivity contribution in [3.05, 3.63) is 11.6 Å². The molecule has 2 unspecified atom stereocenters. The number of fused-ring (bicyclic) bond motifs is 2. The summed E-state index contributed by atoms with van der Waals surface area (Å²) < 4.78 is 0. The predicted octanol–water partition coefficient (Wildman–Crippen LogP) is 4.56. The molecule has 0 aromatic heterocycles. The smallest absolute Gasteiger partial charge is 0.0146 e. The standard InChI is InChI=1S/C14H24/c1-4-5-6-7-11-8-9-12-10-13(11)14(12,2)3/h7,12-13H,4-6,8-10H2,1-3H3. The van der Waals surface area contributed by atoms with Crippen molar-refractivity contribution < 1.29 is 0 Å². The molecule has 0 spiro atoms. The molecule has 0 amide bonds. The molecule has 0 aromatic carbocycles. The molecule has 0 aliphatic heterocycles. The highest BCUT2D eigenvalue weighted by Crippen LogP contribution is 2.61. The average molecular weight is 192 g/mol. The third-order valence-electron chi connectivity index (χ3n) is 4.66. The molecular weight excluding hydrogens is 168 g/mol. The summed E-state index contributed by atoms with van der Waals surface area (Å²) in [5.74, 6) is 1.98. The Bertz CT molecular complexity index is 232. The van der Waals surface area contributed by atoms with Crippen molar-refractivity contribution in [3.63, 3.8) is 0 Å². The van der Waals surface area contributed by atoms with Crippen LogP contribution in [-0.2, 0) is 0 Å². The van der Waals surface area contributed by atoms with Crippen LogP contribution >= 0.6 is 0 Å². The Hall–Kier alpha value is -0.260. The van der Waals surface area contributed by atoms with Crippen LogP contribution in [0.25, 0.3) is 0 Å². The zero-order valence-corrected chi connectivity index (χ0v) is 9.97. The molecule has 0 nitrogen and oxygen atoms in total. The molecule has 0 heterocycles. The van der Waals surface area contributed by atoms with E-state index in [9.17, 15) is 0 Å². The van der Waals surface area contributed by atoms with Gasteiger partial charge in [0.2, 0.25) is 0 Å². The maximum atomic E-state index is 2.56. The monoisotopic (exact) mass is 192 g/mol. The first-order chi connectivity index (χ1) is 6.66. The first kappa shape index (κ1) is 10.3. The number of rotatable bonds is 3. The van der Waals surface area contributed by atoms with E-state index >= 15 is 0 Å². The first-order valence-corrected chi connectivity index (χ1v) is 6.35. The van der Waals surface area contributed by atoms with Gasteiger partial charge < -0.3 is 0 Å². The van der Waals surface area contributed by atoms with E-state index in [1.165, 1.54) is 38.5 Å². The average Bonchev–Trinajstić information content (AvgIpc) is 2.18. The number of allylic oxidation sites excluding steroid dienone is 2. The van der Waals surface area contributed by atoms with Gasteiger partial charge in [-0.3, -0.25) is 0 Å². The molecule has 2 bridgehead atoms. The zero-order chi connectivity index (χ0) is 10.2. The fraction of sp³-hybridized carbons (Fsp3) is 0.857. The minimum atomic E-state index is 0.635. The van der Waals surface area contributed by atoms with Crippen LogP contribution in [0.1, 0.15) is 59.3 Å². The summed E-state index contributed by atoms with van der Waals surface area (Å²) in [4.78, 5) is 0. The number of hydrogen-bond acceptors (Lipinski definition) is 0. The van der Waals surface area contributed by atoms with Crippen LogP contribution in [0.2, 0.25) is 0 Å². The molecule has 3 fully saturated rings. The highest BCUT2D eigenvalue weighted by molar-refractivity contribution is 5.21. The molecule has 0 aromatic rings. The van der Waals surface area contributed by atoms with E-state index in [4.69, 9.17) is 0 Å². The van der Waals surface area contributed by atoms with Gasteiger partial charge in [-0.15, -0.1) is 0 Å². The van der Waals surface area contributed by atoms with Crippen LogP contribution < -0.4 is 0 Å². The van der Waals surface area contributed by atoms with Gasteiger partial charge in [0.05, 0.1) is 0 Å². The Morgan fingerprint density at radius 2 is 2.21 bits per heavy atom. The second-order valence-electron chi connectivity index (χ2n) is 5.77. The van der Waals surface area contributed by atoms with Gasteiger partial charge in [-0.25, -0.2) is 0 Å². The lowest BCUT2D eigenvalue weighted by atomic mass is 9.47. The Kier molecular flexibility index (Phi) is 2.72. The zero-order valence-electron chi connectivity index (χ0n) is 9.97. The van der Waals surface area contributed by atoms with Gasteiger partial charge in [0.25, 0.3) is 0 Å². The molecule has 0 radical (unpaired) electrons. The molecule has 14 heavy (non-hydrogen) atoms. The summed E-state index contributed by atoms with van der Waals surface area (Å²) in [6, 6.07) is 0. The maximum absolute atomic E-state index is 2.56. The van der Waals surface area contributed by atoms with Gasteiger partial charge in [0.15, 0.2) is 0 Å². The summed E-state index contributed by atoms with van der Waals surface area (Å²) in [5, 5.41) is 0. The predicted molar refractivity (Wildman–Crippen MR) is 62.2 cm³/mol. The van der Waals surface area contributed by atoms with Gasteiger partial charge >= 0.3 is 0 Å². The normalized spacial score (nSPS) is 36.9. The lowest BCUT2D eigenvalue weighted by Gasteiger charge is -2.58. The van der Waals surface area contributed by atoms with E-state index in [1.807, 2.05) is 0 Å². The van der Waals surface area contributed by atoms with E-state index in [1.54, 1.807) is 5.57 Å². The molecule has 0 saturated heterocycles. The Labute approximate surface area is 88.8 Å². The molecule has 3 rings (SSSR count). The Morgan fingerprint density at radius 1 is 1.43 bits per heavy atom. The quantitative estimate of drug-likeness (QED) is 0.454. The largest absolute Gasteiger partial charge is 0.0850 e. The van der Waals surface area contributed by atoms with E-state index in [2.05, 4.69) is 26.8 Å². The minimum absolute atomic E-state index is 0.635. The maximum Gasteiger partial charge on any atom is -0.0146 e. The van der Waals surface area contributed by atoms with Crippen molar-refractivity contribution in [3.8, 4) is 0 Å². The first-order valence-electron chi connectivity index (χ1n) is 6.35. The number of unbranched alkanes of at least 4 members (excludes halogenated alkanes) is 2. The molecule has 0 heteroatoms. The fourth-order valence-electron chi connectivity index (χ4n) is 3.39. The molecule has 2 atom stereocenters. The fourth-order valence-corrected chi connectivity index (χ4v) is 3.39. The van der Waals surface area contributed by atoms with Gasteiger partial charge in [-0.05, 0) is 42.9 Å². The van der Waals surface area contributed by atoms with E-state index in [-0.39, 0.29) is 0 Å². The topological polar surface area (TPSA) is 0 Å². The Morgan fingerprint density at radius 3 is 2.79 bits per heavy atom. The van der Waals surface area contributed by atoms with Crippen LogP contribution in [0.3, 0.4) is 0 Å². The highest BCUT2D eigenvalue weighted by Gasteiger charge is 2.51.